The Morgan fingerprint density at radius 2 is 1.69 bits per heavy atom. The van der Waals surface area contributed by atoms with Crippen LogP contribution in [0.5, 0.6) is 11.5 Å². The summed E-state index contributed by atoms with van der Waals surface area (Å²) in [6.45, 7) is 4.91. The third-order valence-corrected chi connectivity index (χ3v) is 7.63. The average molecular weight is 460 g/mol. The highest BCUT2D eigenvalue weighted by atomic mass is 32.2. The molecular weight excluding hydrogens is 430 g/mol. The lowest BCUT2D eigenvalue weighted by Crippen LogP contribution is -2.51. The number of fused-ring (bicyclic) bond motifs is 1. The van der Waals surface area contributed by atoms with Gasteiger partial charge in [0.1, 0.15) is 0 Å². The van der Waals surface area contributed by atoms with E-state index in [4.69, 9.17) is 9.47 Å². The van der Waals surface area contributed by atoms with Crippen LogP contribution in [-0.4, -0.2) is 69.5 Å². The first-order valence-corrected chi connectivity index (χ1v) is 12.3. The Labute approximate surface area is 189 Å². The third kappa shape index (κ3) is 5.23. The predicted octanol–water partition coefficient (Wildman–Crippen LogP) is 2.03. The molecule has 2 heterocycles. The van der Waals surface area contributed by atoms with E-state index in [1.807, 2.05) is 42.2 Å². The standard InChI is InChI=1S/C23H29N3O5S/c1-18(19-6-3-2-4-7-19)24-23(27)17-25-10-12-26(13-11-25)32(28,29)20-8-9-21-22(16-20)31-15-5-14-30-21/h2-4,6-9,16,18H,5,10-15,17H2,1H3,(H,24,27). The second-order valence-corrected chi connectivity index (χ2v) is 9.98. The zero-order valence-electron chi connectivity index (χ0n) is 18.2. The maximum absolute atomic E-state index is 13.1. The highest BCUT2D eigenvalue weighted by Crippen LogP contribution is 2.33. The van der Waals surface area contributed by atoms with E-state index >= 15 is 0 Å². The van der Waals surface area contributed by atoms with Crippen LogP contribution in [0.1, 0.15) is 24.9 Å². The van der Waals surface area contributed by atoms with Gasteiger partial charge in [0, 0.05) is 38.7 Å². The molecule has 1 saturated heterocycles. The molecule has 2 aliphatic heterocycles. The second kappa shape index (κ2) is 9.89. The first-order valence-electron chi connectivity index (χ1n) is 10.9. The summed E-state index contributed by atoms with van der Waals surface area (Å²) in [5, 5.41) is 3.01. The van der Waals surface area contributed by atoms with E-state index < -0.39 is 10.0 Å². The lowest BCUT2D eigenvalue weighted by molar-refractivity contribution is -0.123. The fraction of sp³-hybridized carbons (Fsp3) is 0.435. The number of carbonyl (C=O) groups excluding carboxylic acids is 1. The topological polar surface area (TPSA) is 88.2 Å². The molecule has 1 fully saturated rings. The number of sulfonamides is 1. The van der Waals surface area contributed by atoms with Gasteiger partial charge in [0.15, 0.2) is 11.5 Å². The zero-order valence-corrected chi connectivity index (χ0v) is 19.0. The summed E-state index contributed by atoms with van der Waals surface area (Å²) in [6.07, 6.45) is 0.760. The van der Waals surface area contributed by atoms with Crippen LogP contribution >= 0.6 is 0 Å². The second-order valence-electron chi connectivity index (χ2n) is 8.04. The summed E-state index contributed by atoms with van der Waals surface area (Å²) in [5.74, 6) is 0.967. The Kier molecular flexibility index (Phi) is 6.98. The number of hydrogen-bond donors (Lipinski definition) is 1. The fourth-order valence-corrected chi connectivity index (χ4v) is 5.33. The summed E-state index contributed by atoms with van der Waals surface area (Å²) >= 11 is 0. The van der Waals surface area contributed by atoms with Crippen molar-refractivity contribution in [3.8, 4) is 11.5 Å². The van der Waals surface area contributed by atoms with Crippen molar-refractivity contribution in [3.05, 3.63) is 54.1 Å². The van der Waals surface area contributed by atoms with Gasteiger partial charge in [-0.3, -0.25) is 9.69 Å². The molecule has 0 bridgehead atoms. The number of rotatable bonds is 6. The molecule has 0 radical (unpaired) electrons. The number of nitrogens with one attached hydrogen (secondary N) is 1. The zero-order chi connectivity index (χ0) is 22.6. The molecule has 2 aliphatic rings. The quantitative estimate of drug-likeness (QED) is 0.711. The lowest BCUT2D eigenvalue weighted by atomic mass is 10.1. The van der Waals surface area contributed by atoms with E-state index in [1.165, 1.54) is 4.31 Å². The smallest absolute Gasteiger partial charge is 0.243 e. The Bertz CT molecular complexity index is 1040. The van der Waals surface area contributed by atoms with Crippen molar-refractivity contribution in [1.29, 1.82) is 0 Å². The molecular formula is C23H29N3O5S. The van der Waals surface area contributed by atoms with Gasteiger partial charge in [0.05, 0.1) is 30.7 Å². The summed E-state index contributed by atoms with van der Waals surface area (Å²) in [6, 6.07) is 14.5. The molecule has 1 N–H and O–H groups in total. The minimum atomic E-state index is -3.64. The number of hydrogen-bond acceptors (Lipinski definition) is 6. The van der Waals surface area contributed by atoms with E-state index in [-0.39, 0.29) is 23.4 Å². The summed E-state index contributed by atoms with van der Waals surface area (Å²) in [7, 11) is -3.64. The first-order chi connectivity index (χ1) is 15.4. The van der Waals surface area contributed by atoms with Crippen molar-refractivity contribution in [2.45, 2.75) is 24.3 Å². The monoisotopic (exact) mass is 459 g/mol. The maximum atomic E-state index is 13.1. The highest BCUT2D eigenvalue weighted by Gasteiger charge is 2.30. The molecule has 1 atom stereocenters. The van der Waals surface area contributed by atoms with E-state index in [9.17, 15) is 13.2 Å². The van der Waals surface area contributed by atoms with Crippen LogP contribution in [-0.2, 0) is 14.8 Å². The molecule has 0 aromatic heterocycles. The molecule has 1 unspecified atom stereocenters. The molecule has 172 valence electrons. The van der Waals surface area contributed by atoms with Gasteiger partial charge >= 0.3 is 0 Å². The number of carbonyl (C=O) groups is 1. The van der Waals surface area contributed by atoms with E-state index in [0.717, 1.165) is 12.0 Å². The Balaban J connectivity index is 1.32. The number of ether oxygens (including phenoxy) is 2. The fourth-order valence-electron chi connectivity index (χ4n) is 3.90. The van der Waals surface area contributed by atoms with Crippen molar-refractivity contribution in [2.24, 2.45) is 0 Å². The number of nitrogens with zero attached hydrogens (tertiary/aromatic N) is 2. The van der Waals surface area contributed by atoms with Crippen LogP contribution in [0.4, 0.5) is 0 Å². The normalized spacial score (nSPS) is 18.5. The van der Waals surface area contributed by atoms with Gasteiger partial charge in [-0.05, 0) is 24.6 Å². The molecule has 1 amide bonds. The third-order valence-electron chi connectivity index (χ3n) is 5.73. The Morgan fingerprint density at radius 1 is 1.00 bits per heavy atom. The van der Waals surface area contributed by atoms with Gasteiger partial charge in [-0.2, -0.15) is 4.31 Å². The molecule has 0 spiro atoms. The predicted molar refractivity (Wildman–Crippen MR) is 120 cm³/mol. The molecule has 0 saturated carbocycles. The number of amides is 1. The van der Waals surface area contributed by atoms with E-state index in [2.05, 4.69) is 5.32 Å². The van der Waals surface area contributed by atoms with Gasteiger partial charge in [-0.1, -0.05) is 30.3 Å². The van der Waals surface area contributed by atoms with Crippen LogP contribution in [0.3, 0.4) is 0 Å². The van der Waals surface area contributed by atoms with Crippen molar-refractivity contribution in [2.75, 3.05) is 45.9 Å². The Hall–Kier alpha value is -2.62. The minimum absolute atomic E-state index is 0.0689. The molecule has 0 aliphatic carbocycles. The molecule has 2 aromatic carbocycles. The minimum Gasteiger partial charge on any atom is -0.490 e. The SMILES string of the molecule is CC(NC(=O)CN1CCN(S(=O)(=O)c2ccc3c(c2)OCCCO3)CC1)c1ccccc1. The average Bonchev–Trinajstić information content (AvgIpc) is 3.05. The van der Waals surface area contributed by atoms with Gasteiger partial charge in [-0.15, -0.1) is 0 Å². The van der Waals surface area contributed by atoms with Crippen molar-refractivity contribution in [3.63, 3.8) is 0 Å². The lowest BCUT2D eigenvalue weighted by Gasteiger charge is -2.33. The maximum Gasteiger partial charge on any atom is 0.243 e. The van der Waals surface area contributed by atoms with Crippen LogP contribution in [0.25, 0.3) is 0 Å². The van der Waals surface area contributed by atoms with Crippen LogP contribution < -0.4 is 14.8 Å². The van der Waals surface area contributed by atoms with Gasteiger partial charge < -0.3 is 14.8 Å². The summed E-state index contributed by atoms with van der Waals surface area (Å²) in [5.41, 5.74) is 1.05. The van der Waals surface area contributed by atoms with Gasteiger partial charge in [0.2, 0.25) is 15.9 Å². The van der Waals surface area contributed by atoms with E-state index in [0.29, 0.717) is 50.9 Å². The molecule has 8 nitrogen and oxygen atoms in total. The van der Waals surface area contributed by atoms with Gasteiger partial charge in [-0.25, -0.2) is 8.42 Å². The van der Waals surface area contributed by atoms with Crippen LogP contribution in [0, 0.1) is 0 Å². The Morgan fingerprint density at radius 3 is 2.41 bits per heavy atom. The highest BCUT2D eigenvalue weighted by molar-refractivity contribution is 7.89. The van der Waals surface area contributed by atoms with E-state index in [1.54, 1.807) is 18.2 Å². The summed E-state index contributed by atoms with van der Waals surface area (Å²) < 4.78 is 38.9. The van der Waals surface area contributed by atoms with Gasteiger partial charge in [0.25, 0.3) is 0 Å². The van der Waals surface area contributed by atoms with Crippen molar-refractivity contribution in [1.82, 2.24) is 14.5 Å². The van der Waals surface area contributed by atoms with Crippen molar-refractivity contribution < 1.29 is 22.7 Å². The molecule has 32 heavy (non-hydrogen) atoms. The molecule has 2 aromatic rings. The van der Waals surface area contributed by atoms with Crippen molar-refractivity contribution >= 4 is 15.9 Å². The molecule has 4 rings (SSSR count). The van der Waals surface area contributed by atoms with Crippen LogP contribution in [0.2, 0.25) is 0 Å². The molecule has 9 heteroatoms. The van der Waals surface area contributed by atoms with Crippen LogP contribution in [0.15, 0.2) is 53.4 Å². The largest absolute Gasteiger partial charge is 0.490 e. The first kappa shape index (κ1) is 22.6. The number of benzene rings is 2. The number of piperazine rings is 1. The summed E-state index contributed by atoms with van der Waals surface area (Å²) in [4.78, 5) is 14.6.